The SMILES string of the molecule is Cn1c(CC(c2ccccc2Cl)c2ccccc2Cl)nc(C(=O)Nc2cnoc2)c(O)c1=O. The molecular formula is C23H18Cl2N4O4. The van der Waals surface area contributed by atoms with Gasteiger partial charge in [0, 0.05) is 29.4 Å². The van der Waals surface area contributed by atoms with E-state index < -0.39 is 22.9 Å². The van der Waals surface area contributed by atoms with Crippen molar-refractivity contribution in [2.75, 3.05) is 5.32 Å². The van der Waals surface area contributed by atoms with E-state index in [9.17, 15) is 14.7 Å². The Labute approximate surface area is 198 Å². The summed E-state index contributed by atoms with van der Waals surface area (Å²) in [6.45, 7) is 0. The molecule has 33 heavy (non-hydrogen) atoms. The summed E-state index contributed by atoms with van der Waals surface area (Å²) in [6, 6.07) is 14.6. The molecule has 1 amide bonds. The lowest BCUT2D eigenvalue weighted by Crippen LogP contribution is -2.28. The number of nitrogens with zero attached hydrogens (tertiary/aromatic N) is 3. The van der Waals surface area contributed by atoms with Gasteiger partial charge in [0.15, 0.2) is 5.69 Å². The van der Waals surface area contributed by atoms with Crippen LogP contribution in [0.15, 0.2) is 70.3 Å². The van der Waals surface area contributed by atoms with E-state index in [2.05, 4.69) is 20.0 Å². The molecule has 0 saturated heterocycles. The molecular weight excluding hydrogens is 467 g/mol. The number of amides is 1. The maximum absolute atomic E-state index is 12.7. The van der Waals surface area contributed by atoms with Crippen LogP contribution in [0, 0.1) is 0 Å². The first-order valence-electron chi connectivity index (χ1n) is 9.85. The number of hydrogen-bond donors (Lipinski definition) is 2. The van der Waals surface area contributed by atoms with Crippen molar-refractivity contribution in [2.45, 2.75) is 12.3 Å². The fraction of sp³-hybridized carbons (Fsp3) is 0.130. The van der Waals surface area contributed by atoms with Crippen molar-refractivity contribution in [1.82, 2.24) is 14.7 Å². The minimum Gasteiger partial charge on any atom is -0.501 e. The average molecular weight is 485 g/mol. The van der Waals surface area contributed by atoms with Gasteiger partial charge < -0.3 is 14.9 Å². The lowest BCUT2D eigenvalue weighted by molar-refractivity contribution is 0.101. The standard InChI is InChI=1S/C23H18Cl2N4O4/c1-29-19(28-20(21(30)23(29)32)22(31)27-13-11-26-33-12-13)10-16(14-6-2-4-8-17(14)24)15-7-3-5-9-18(15)25/h2-9,11-12,16,30H,10H2,1H3,(H,27,31). The van der Waals surface area contributed by atoms with Crippen molar-refractivity contribution in [3.8, 4) is 5.75 Å². The Morgan fingerprint density at radius 3 is 2.27 bits per heavy atom. The number of nitrogens with one attached hydrogen (secondary N) is 1. The van der Waals surface area contributed by atoms with Crippen molar-refractivity contribution in [3.63, 3.8) is 0 Å². The second-order valence-electron chi connectivity index (χ2n) is 7.26. The summed E-state index contributed by atoms with van der Waals surface area (Å²) >= 11 is 13.0. The second kappa shape index (κ2) is 9.48. The number of aromatic hydroxyl groups is 1. The summed E-state index contributed by atoms with van der Waals surface area (Å²) < 4.78 is 5.88. The quantitative estimate of drug-likeness (QED) is 0.419. The predicted octanol–water partition coefficient (Wildman–Crippen LogP) is 4.41. The van der Waals surface area contributed by atoms with E-state index >= 15 is 0 Å². The van der Waals surface area contributed by atoms with Crippen LogP contribution in [0.4, 0.5) is 5.69 Å². The molecule has 2 heterocycles. The first kappa shape index (κ1) is 22.6. The van der Waals surface area contributed by atoms with E-state index in [-0.39, 0.29) is 23.9 Å². The van der Waals surface area contributed by atoms with Gasteiger partial charge >= 0.3 is 0 Å². The molecule has 0 aliphatic carbocycles. The monoisotopic (exact) mass is 484 g/mol. The molecule has 0 atom stereocenters. The van der Waals surface area contributed by atoms with Crippen LogP contribution < -0.4 is 10.9 Å². The number of carbonyl (C=O) groups excluding carboxylic acids is 1. The van der Waals surface area contributed by atoms with Crippen LogP contribution in [-0.4, -0.2) is 25.7 Å². The van der Waals surface area contributed by atoms with Gasteiger partial charge in [0.25, 0.3) is 11.5 Å². The van der Waals surface area contributed by atoms with Crippen LogP contribution in [-0.2, 0) is 13.5 Å². The molecule has 0 bridgehead atoms. The Kier molecular flexibility index (Phi) is 6.48. The van der Waals surface area contributed by atoms with E-state index in [0.717, 1.165) is 11.1 Å². The molecule has 0 aliphatic rings. The summed E-state index contributed by atoms with van der Waals surface area (Å²) in [5.41, 5.74) is 0.655. The number of anilines is 1. The molecule has 8 nitrogen and oxygen atoms in total. The summed E-state index contributed by atoms with van der Waals surface area (Å²) in [7, 11) is 1.47. The first-order valence-corrected chi connectivity index (χ1v) is 10.6. The maximum Gasteiger partial charge on any atom is 0.296 e. The van der Waals surface area contributed by atoms with E-state index in [1.165, 1.54) is 24.1 Å². The molecule has 0 aliphatic heterocycles. The molecule has 0 saturated carbocycles. The molecule has 10 heteroatoms. The number of rotatable bonds is 6. The number of benzene rings is 2. The van der Waals surface area contributed by atoms with Gasteiger partial charge in [-0.15, -0.1) is 0 Å². The van der Waals surface area contributed by atoms with Crippen molar-refractivity contribution in [3.05, 3.63) is 104 Å². The van der Waals surface area contributed by atoms with Gasteiger partial charge in [0.05, 0.1) is 6.20 Å². The number of carbonyl (C=O) groups is 1. The van der Waals surface area contributed by atoms with Gasteiger partial charge in [-0.25, -0.2) is 4.98 Å². The van der Waals surface area contributed by atoms with Crippen LogP contribution in [0.3, 0.4) is 0 Å². The molecule has 4 rings (SSSR count). The fourth-order valence-electron chi connectivity index (χ4n) is 3.52. The highest BCUT2D eigenvalue weighted by Gasteiger charge is 2.25. The van der Waals surface area contributed by atoms with Gasteiger partial charge in [0.1, 0.15) is 17.8 Å². The highest BCUT2D eigenvalue weighted by Crippen LogP contribution is 2.36. The zero-order valence-corrected chi connectivity index (χ0v) is 18.8. The molecule has 2 N–H and O–H groups in total. The lowest BCUT2D eigenvalue weighted by atomic mass is 9.88. The molecule has 0 unspecified atom stereocenters. The average Bonchev–Trinajstić information content (AvgIpc) is 3.31. The van der Waals surface area contributed by atoms with Gasteiger partial charge in [-0.05, 0) is 23.3 Å². The normalized spacial score (nSPS) is 11.0. The Bertz CT molecular complexity index is 1320. The van der Waals surface area contributed by atoms with Crippen molar-refractivity contribution in [1.29, 1.82) is 0 Å². The first-order chi connectivity index (χ1) is 15.9. The fourth-order valence-corrected chi connectivity index (χ4v) is 4.05. The third-order valence-corrected chi connectivity index (χ3v) is 5.90. The molecule has 0 fully saturated rings. The van der Waals surface area contributed by atoms with Crippen molar-refractivity contribution in [2.24, 2.45) is 7.05 Å². The van der Waals surface area contributed by atoms with Crippen molar-refractivity contribution >= 4 is 34.8 Å². The Balaban J connectivity index is 1.80. The van der Waals surface area contributed by atoms with Crippen LogP contribution in [0.5, 0.6) is 5.75 Å². The second-order valence-corrected chi connectivity index (χ2v) is 8.07. The van der Waals surface area contributed by atoms with Gasteiger partial charge in [0.2, 0.25) is 5.75 Å². The van der Waals surface area contributed by atoms with Gasteiger partial charge in [-0.1, -0.05) is 64.8 Å². The van der Waals surface area contributed by atoms with Crippen molar-refractivity contribution < 1.29 is 14.4 Å². The third kappa shape index (κ3) is 4.62. The third-order valence-electron chi connectivity index (χ3n) is 5.21. The zero-order chi connectivity index (χ0) is 23.5. The number of aromatic nitrogens is 3. The Morgan fingerprint density at radius 2 is 1.73 bits per heavy atom. The van der Waals surface area contributed by atoms with E-state index in [1.54, 1.807) is 12.1 Å². The molecule has 0 radical (unpaired) electrons. The number of hydrogen-bond acceptors (Lipinski definition) is 6. The van der Waals surface area contributed by atoms with Gasteiger partial charge in [-0.2, -0.15) is 0 Å². The highest BCUT2D eigenvalue weighted by molar-refractivity contribution is 6.32. The topological polar surface area (TPSA) is 110 Å². The minimum atomic E-state index is -0.776. The Hall–Kier alpha value is -3.62. The van der Waals surface area contributed by atoms with Crippen LogP contribution in [0.1, 0.15) is 33.4 Å². The molecule has 0 spiro atoms. The number of halogens is 2. The van der Waals surface area contributed by atoms with E-state index in [1.807, 2.05) is 36.4 Å². The molecule has 2 aromatic heterocycles. The zero-order valence-electron chi connectivity index (χ0n) is 17.3. The van der Waals surface area contributed by atoms with E-state index in [0.29, 0.717) is 10.0 Å². The summed E-state index contributed by atoms with van der Waals surface area (Å²) in [5.74, 6) is -1.65. The maximum atomic E-state index is 12.7. The highest BCUT2D eigenvalue weighted by atomic mass is 35.5. The molecule has 4 aromatic rings. The summed E-state index contributed by atoms with van der Waals surface area (Å²) in [6.07, 6.45) is 2.68. The van der Waals surface area contributed by atoms with Crippen LogP contribution >= 0.6 is 23.2 Å². The Morgan fingerprint density at radius 1 is 1.12 bits per heavy atom. The largest absolute Gasteiger partial charge is 0.501 e. The lowest BCUT2D eigenvalue weighted by Gasteiger charge is -2.21. The minimum absolute atomic E-state index is 0.188. The van der Waals surface area contributed by atoms with Crippen LogP contribution in [0.2, 0.25) is 10.0 Å². The molecule has 2 aromatic carbocycles. The summed E-state index contributed by atoms with van der Waals surface area (Å²) in [4.78, 5) is 29.7. The smallest absolute Gasteiger partial charge is 0.296 e. The predicted molar refractivity (Wildman–Crippen MR) is 124 cm³/mol. The summed E-state index contributed by atoms with van der Waals surface area (Å²) in [5, 5.41) is 17.3. The van der Waals surface area contributed by atoms with Crippen LogP contribution in [0.25, 0.3) is 0 Å². The van der Waals surface area contributed by atoms with Gasteiger partial charge in [-0.3, -0.25) is 14.2 Å². The van der Waals surface area contributed by atoms with E-state index in [4.69, 9.17) is 23.2 Å². The molecule has 168 valence electrons.